The molecule has 4 rings (SSSR count). The molecule has 1 heterocycles. The molecule has 2 aromatic rings. The third kappa shape index (κ3) is 1.58. The maximum absolute atomic E-state index is 4.69. The molecule has 0 bridgehead atoms. The Bertz CT molecular complexity index is 630. The zero-order valence-corrected chi connectivity index (χ0v) is 10.4. The molecule has 1 saturated carbocycles. The highest BCUT2D eigenvalue weighted by Crippen LogP contribution is 2.36. The molecule has 0 amide bonds. The average molecular weight is 237 g/mol. The van der Waals surface area contributed by atoms with Crippen molar-refractivity contribution in [3.63, 3.8) is 0 Å². The molecule has 0 radical (unpaired) electrons. The molecule has 0 saturated heterocycles. The number of benzene rings is 1. The Morgan fingerprint density at radius 1 is 1.22 bits per heavy atom. The fourth-order valence-electron chi connectivity index (χ4n) is 2.52. The van der Waals surface area contributed by atoms with Crippen LogP contribution in [0.15, 0.2) is 24.4 Å². The molecule has 0 aliphatic heterocycles. The summed E-state index contributed by atoms with van der Waals surface area (Å²) in [6.07, 6.45) is 5.43. The molecule has 18 heavy (non-hydrogen) atoms. The summed E-state index contributed by atoms with van der Waals surface area (Å²) in [4.78, 5) is 9.11. The number of anilines is 1. The van der Waals surface area contributed by atoms with Crippen molar-refractivity contribution in [3.05, 3.63) is 41.1 Å². The van der Waals surface area contributed by atoms with E-state index in [4.69, 9.17) is 4.98 Å². The van der Waals surface area contributed by atoms with Gasteiger partial charge in [0.1, 0.15) is 0 Å². The zero-order valence-electron chi connectivity index (χ0n) is 10.4. The summed E-state index contributed by atoms with van der Waals surface area (Å²) in [5.41, 5.74) is 6.31. The van der Waals surface area contributed by atoms with E-state index in [1.807, 2.05) is 6.20 Å². The first-order chi connectivity index (χ1) is 8.79. The second-order valence-corrected chi connectivity index (χ2v) is 5.32. The minimum atomic E-state index is 0.599. The Balaban J connectivity index is 1.79. The predicted molar refractivity (Wildman–Crippen MR) is 71.7 cm³/mol. The molecular weight excluding hydrogens is 222 g/mol. The summed E-state index contributed by atoms with van der Waals surface area (Å²) in [5.74, 6) is 0.783. The van der Waals surface area contributed by atoms with Gasteiger partial charge in [-0.15, -0.1) is 0 Å². The fourth-order valence-corrected chi connectivity index (χ4v) is 2.52. The Hall–Kier alpha value is -1.90. The van der Waals surface area contributed by atoms with Gasteiger partial charge in [0.05, 0.1) is 5.69 Å². The van der Waals surface area contributed by atoms with Crippen molar-refractivity contribution < 1.29 is 0 Å². The molecule has 2 aliphatic rings. The van der Waals surface area contributed by atoms with Crippen molar-refractivity contribution in [1.29, 1.82) is 0 Å². The molecule has 0 spiro atoms. The molecule has 2 aliphatic carbocycles. The molecule has 1 aromatic heterocycles. The van der Waals surface area contributed by atoms with Crippen LogP contribution in [0.2, 0.25) is 0 Å². The van der Waals surface area contributed by atoms with Gasteiger partial charge in [-0.1, -0.05) is 17.7 Å². The van der Waals surface area contributed by atoms with Crippen LogP contribution in [-0.4, -0.2) is 16.0 Å². The summed E-state index contributed by atoms with van der Waals surface area (Å²) >= 11 is 0. The first kappa shape index (κ1) is 10.1. The van der Waals surface area contributed by atoms with E-state index < -0.39 is 0 Å². The van der Waals surface area contributed by atoms with Crippen LogP contribution in [0.5, 0.6) is 0 Å². The molecule has 1 fully saturated rings. The van der Waals surface area contributed by atoms with Crippen LogP contribution in [0.3, 0.4) is 0 Å². The number of hydrogen-bond acceptors (Lipinski definition) is 3. The predicted octanol–water partition coefficient (Wildman–Crippen LogP) is 2.93. The van der Waals surface area contributed by atoms with Crippen molar-refractivity contribution >= 4 is 5.95 Å². The monoisotopic (exact) mass is 237 g/mol. The largest absolute Gasteiger partial charge is 0.351 e. The number of aryl methyl sites for hydroxylation is 1. The summed E-state index contributed by atoms with van der Waals surface area (Å²) in [6.45, 7) is 2.13. The van der Waals surface area contributed by atoms with Gasteiger partial charge >= 0.3 is 0 Å². The van der Waals surface area contributed by atoms with E-state index in [-0.39, 0.29) is 0 Å². The zero-order chi connectivity index (χ0) is 12.1. The maximum atomic E-state index is 4.69. The van der Waals surface area contributed by atoms with Crippen molar-refractivity contribution in [3.8, 4) is 11.3 Å². The number of nitrogens with one attached hydrogen (secondary N) is 1. The average Bonchev–Trinajstić information content (AvgIpc) is 3.10. The van der Waals surface area contributed by atoms with Gasteiger partial charge in [0.15, 0.2) is 0 Å². The molecule has 0 atom stereocenters. The van der Waals surface area contributed by atoms with Crippen LogP contribution >= 0.6 is 0 Å². The molecule has 3 heteroatoms. The Kier molecular flexibility index (Phi) is 1.98. The standard InChI is InChI=1S/C15H15N3/c1-9-2-3-10-7-11-8-16-15(17-12-4-5-12)18-14(11)13(10)6-9/h2-3,6,8,12H,4-5,7H2,1H3,(H,16,17,18). The number of aromatic nitrogens is 2. The highest BCUT2D eigenvalue weighted by atomic mass is 15.1. The first-order valence-corrected chi connectivity index (χ1v) is 6.52. The van der Waals surface area contributed by atoms with Crippen molar-refractivity contribution in [1.82, 2.24) is 9.97 Å². The minimum absolute atomic E-state index is 0.599. The molecule has 90 valence electrons. The Labute approximate surface area is 106 Å². The lowest BCUT2D eigenvalue weighted by molar-refractivity contribution is 1.04. The van der Waals surface area contributed by atoms with Gasteiger partial charge < -0.3 is 5.32 Å². The first-order valence-electron chi connectivity index (χ1n) is 6.52. The van der Waals surface area contributed by atoms with E-state index in [9.17, 15) is 0 Å². The van der Waals surface area contributed by atoms with Gasteiger partial charge in [-0.2, -0.15) is 0 Å². The van der Waals surface area contributed by atoms with Crippen LogP contribution in [0.4, 0.5) is 5.95 Å². The van der Waals surface area contributed by atoms with Gasteiger partial charge in [-0.25, -0.2) is 9.97 Å². The second kappa shape index (κ2) is 3.55. The summed E-state index contributed by atoms with van der Waals surface area (Å²) < 4.78 is 0. The van der Waals surface area contributed by atoms with Gasteiger partial charge in [0.25, 0.3) is 0 Å². The smallest absolute Gasteiger partial charge is 0.223 e. The Morgan fingerprint density at radius 3 is 2.94 bits per heavy atom. The van der Waals surface area contributed by atoms with Gasteiger partial charge in [-0.3, -0.25) is 0 Å². The summed E-state index contributed by atoms with van der Waals surface area (Å²) in [7, 11) is 0. The molecule has 1 aromatic carbocycles. The van der Waals surface area contributed by atoms with E-state index >= 15 is 0 Å². The van der Waals surface area contributed by atoms with Crippen LogP contribution in [0.25, 0.3) is 11.3 Å². The van der Waals surface area contributed by atoms with Crippen LogP contribution < -0.4 is 5.32 Å². The lowest BCUT2D eigenvalue weighted by atomic mass is 10.1. The minimum Gasteiger partial charge on any atom is -0.351 e. The highest BCUT2D eigenvalue weighted by Gasteiger charge is 2.24. The Morgan fingerprint density at radius 2 is 2.11 bits per heavy atom. The van der Waals surface area contributed by atoms with Crippen molar-refractivity contribution in [2.45, 2.75) is 32.2 Å². The van der Waals surface area contributed by atoms with Crippen LogP contribution in [0, 0.1) is 6.92 Å². The topological polar surface area (TPSA) is 37.8 Å². The van der Waals surface area contributed by atoms with E-state index in [1.54, 1.807) is 0 Å². The number of hydrogen-bond donors (Lipinski definition) is 1. The molecular formula is C15H15N3. The fraction of sp³-hybridized carbons (Fsp3) is 0.333. The molecule has 1 N–H and O–H groups in total. The van der Waals surface area contributed by atoms with E-state index in [1.165, 1.54) is 35.1 Å². The van der Waals surface area contributed by atoms with Crippen LogP contribution in [-0.2, 0) is 6.42 Å². The van der Waals surface area contributed by atoms with E-state index in [0.29, 0.717) is 6.04 Å². The lowest BCUT2D eigenvalue weighted by Crippen LogP contribution is -2.06. The van der Waals surface area contributed by atoms with E-state index in [2.05, 4.69) is 35.4 Å². The van der Waals surface area contributed by atoms with Crippen molar-refractivity contribution in [2.24, 2.45) is 0 Å². The van der Waals surface area contributed by atoms with Gasteiger partial charge in [0, 0.05) is 29.8 Å². The second-order valence-electron chi connectivity index (χ2n) is 5.32. The summed E-state index contributed by atoms with van der Waals surface area (Å²) in [6, 6.07) is 7.21. The lowest BCUT2D eigenvalue weighted by Gasteiger charge is -2.05. The van der Waals surface area contributed by atoms with E-state index in [0.717, 1.165) is 18.1 Å². The summed E-state index contributed by atoms with van der Waals surface area (Å²) in [5, 5.41) is 3.37. The third-order valence-corrected chi connectivity index (χ3v) is 3.68. The number of nitrogens with zero attached hydrogens (tertiary/aromatic N) is 2. The highest BCUT2D eigenvalue weighted by molar-refractivity contribution is 5.74. The quantitative estimate of drug-likeness (QED) is 0.744. The molecule has 3 nitrogen and oxygen atoms in total. The molecule has 0 unspecified atom stereocenters. The number of fused-ring (bicyclic) bond motifs is 3. The third-order valence-electron chi connectivity index (χ3n) is 3.68. The number of rotatable bonds is 2. The van der Waals surface area contributed by atoms with Gasteiger partial charge in [0.2, 0.25) is 5.95 Å². The van der Waals surface area contributed by atoms with Crippen molar-refractivity contribution in [2.75, 3.05) is 5.32 Å². The van der Waals surface area contributed by atoms with Gasteiger partial charge in [-0.05, 0) is 31.4 Å². The van der Waals surface area contributed by atoms with Crippen LogP contribution in [0.1, 0.15) is 29.5 Å². The SMILES string of the molecule is Cc1ccc2c(c1)-c1nc(NC3CC3)ncc1C2. The normalized spacial score (nSPS) is 16.3. The maximum Gasteiger partial charge on any atom is 0.223 e.